The lowest BCUT2D eigenvalue weighted by atomic mass is 10.0. The van der Waals surface area contributed by atoms with Crippen LogP contribution in [-0.2, 0) is 6.54 Å². The van der Waals surface area contributed by atoms with E-state index in [1.54, 1.807) is 17.7 Å². The minimum Gasteiger partial charge on any atom is -0.304 e. The zero-order valence-electron chi connectivity index (χ0n) is 9.49. The molecule has 0 radical (unpaired) electrons. The van der Waals surface area contributed by atoms with Crippen molar-refractivity contribution < 1.29 is 9.59 Å². The summed E-state index contributed by atoms with van der Waals surface area (Å²) in [7, 11) is 0. The first-order valence-corrected chi connectivity index (χ1v) is 5.56. The fourth-order valence-electron chi connectivity index (χ4n) is 2.38. The second-order valence-electron chi connectivity index (χ2n) is 4.27. The first-order chi connectivity index (χ1) is 8.18. The number of carbonyl (C=O) groups excluding carboxylic acids is 2. The number of rotatable bonds is 1. The van der Waals surface area contributed by atoms with Crippen LogP contribution >= 0.6 is 0 Å². The number of Topliss-reactive ketones (excluding diaryl/α,β-unsaturated/α-hetero) is 1. The molecule has 1 aliphatic rings. The van der Waals surface area contributed by atoms with Crippen LogP contribution < -0.4 is 5.32 Å². The van der Waals surface area contributed by atoms with Gasteiger partial charge in [-0.2, -0.15) is 0 Å². The van der Waals surface area contributed by atoms with Crippen molar-refractivity contribution in [2.75, 3.05) is 6.54 Å². The summed E-state index contributed by atoms with van der Waals surface area (Å²) < 4.78 is 1.64. The second kappa shape index (κ2) is 3.53. The van der Waals surface area contributed by atoms with Gasteiger partial charge in [0.15, 0.2) is 5.78 Å². The highest BCUT2D eigenvalue weighted by Crippen LogP contribution is 2.26. The molecular formula is C13H12N2O2. The molecule has 0 bridgehead atoms. The van der Waals surface area contributed by atoms with Crippen molar-refractivity contribution in [2.45, 2.75) is 13.5 Å². The molecule has 1 N–H and O–H groups in total. The Balaban J connectivity index is 2.41. The van der Waals surface area contributed by atoms with Crippen molar-refractivity contribution in [2.24, 2.45) is 0 Å². The van der Waals surface area contributed by atoms with Gasteiger partial charge in [0.1, 0.15) is 0 Å². The van der Waals surface area contributed by atoms with Crippen molar-refractivity contribution in [3.63, 3.8) is 0 Å². The third-order valence-electron chi connectivity index (χ3n) is 3.17. The number of nitrogens with zero attached hydrogens (tertiary/aromatic N) is 1. The summed E-state index contributed by atoms with van der Waals surface area (Å²) in [5.41, 5.74) is 2.60. The molecule has 1 aromatic heterocycles. The number of nitrogens with one attached hydrogen (secondary N) is 1. The van der Waals surface area contributed by atoms with Gasteiger partial charge in [-0.1, -0.05) is 12.1 Å². The van der Waals surface area contributed by atoms with Crippen molar-refractivity contribution in [3.8, 4) is 0 Å². The molecule has 2 aromatic rings. The Labute approximate surface area is 98.2 Å². The van der Waals surface area contributed by atoms with E-state index in [2.05, 4.69) is 5.32 Å². The van der Waals surface area contributed by atoms with E-state index in [4.69, 9.17) is 0 Å². The lowest BCUT2D eigenvalue weighted by molar-refractivity contribution is 0.0919. The fraction of sp³-hybridized carbons (Fsp3) is 0.231. The fourth-order valence-corrected chi connectivity index (χ4v) is 2.38. The molecule has 0 fully saturated rings. The number of benzene rings is 1. The highest BCUT2D eigenvalue weighted by molar-refractivity contribution is 6.09. The summed E-state index contributed by atoms with van der Waals surface area (Å²) in [4.78, 5) is 23.4. The van der Waals surface area contributed by atoms with Crippen LogP contribution in [0.25, 0.3) is 10.9 Å². The Hall–Kier alpha value is -1.94. The minimum absolute atomic E-state index is 0.0134. The lowest BCUT2D eigenvalue weighted by Crippen LogP contribution is -2.23. The maximum absolute atomic E-state index is 11.8. The van der Waals surface area contributed by atoms with Gasteiger partial charge in [-0.25, -0.2) is 0 Å². The molecule has 86 valence electrons. The van der Waals surface area contributed by atoms with E-state index in [-0.39, 0.29) is 11.7 Å². The topological polar surface area (TPSA) is 51.1 Å². The predicted octanol–water partition coefficient (Wildman–Crippen LogP) is 1.59. The Morgan fingerprint density at radius 1 is 1.29 bits per heavy atom. The zero-order chi connectivity index (χ0) is 12.0. The van der Waals surface area contributed by atoms with Gasteiger partial charge in [0.2, 0.25) is 5.91 Å². The van der Waals surface area contributed by atoms with E-state index >= 15 is 0 Å². The second-order valence-corrected chi connectivity index (χ2v) is 4.27. The van der Waals surface area contributed by atoms with Crippen LogP contribution in [0, 0.1) is 0 Å². The zero-order valence-corrected chi connectivity index (χ0v) is 9.49. The maximum atomic E-state index is 11.8. The average Bonchev–Trinajstić information content (AvgIpc) is 2.66. The van der Waals surface area contributed by atoms with Crippen LogP contribution in [0.2, 0.25) is 0 Å². The molecule has 0 saturated carbocycles. The molecule has 17 heavy (non-hydrogen) atoms. The standard InChI is InChI=1S/C13H12N2O2/c1-8(16)10-3-2-9-6-14-7-12(17)15-5-4-11(10)13(9)15/h2-5,14H,6-7H2,1H3. The molecule has 0 spiro atoms. The predicted molar refractivity (Wildman–Crippen MR) is 64.3 cm³/mol. The molecule has 0 amide bonds. The Bertz CT molecular complexity index is 640. The van der Waals surface area contributed by atoms with Crippen molar-refractivity contribution in [1.29, 1.82) is 0 Å². The van der Waals surface area contributed by atoms with E-state index in [0.717, 1.165) is 16.5 Å². The number of hydrogen-bond donors (Lipinski definition) is 1. The molecule has 0 unspecified atom stereocenters. The average molecular weight is 228 g/mol. The van der Waals surface area contributed by atoms with Crippen LogP contribution in [-0.4, -0.2) is 22.8 Å². The van der Waals surface area contributed by atoms with Crippen molar-refractivity contribution >= 4 is 22.6 Å². The highest BCUT2D eigenvalue weighted by atomic mass is 16.2. The molecule has 1 aromatic carbocycles. The Morgan fingerprint density at radius 2 is 2.12 bits per heavy atom. The number of ketones is 1. The SMILES string of the molecule is CC(=O)c1ccc2c3c1ccn3C(=O)CNC2. The molecule has 0 saturated heterocycles. The molecule has 4 nitrogen and oxygen atoms in total. The largest absolute Gasteiger partial charge is 0.304 e. The Kier molecular flexibility index (Phi) is 2.12. The maximum Gasteiger partial charge on any atom is 0.245 e. The third kappa shape index (κ3) is 1.41. The molecule has 4 heteroatoms. The minimum atomic E-state index is 0.0134. The van der Waals surface area contributed by atoms with Crippen molar-refractivity contribution in [1.82, 2.24) is 9.88 Å². The summed E-state index contributed by atoms with van der Waals surface area (Å²) in [5.74, 6) is 0.0402. The summed E-state index contributed by atoms with van der Waals surface area (Å²) in [6.07, 6.45) is 1.75. The van der Waals surface area contributed by atoms with Gasteiger partial charge in [-0.15, -0.1) is 0 Å². The quantitative estimate of drug-likeness (QED) is 0.754. The molecule has 2 heterocycles. The van der Waals surface area contributed by atoms with Crippen molar-refractivity contribution in [3.05, 3.63) is 35.5 Å². The third-order valence-corrected chi connectivity index (χ3v) is 3.17. The van der Waals surface area contributed by atoms with Gasteiger partial charge < -0.3 is 5.32 Å². The van der Waals surface area contributed by atoms with Gasteiger partial charge in [-0.3, -0.25) is 14.2 Å². The van der Waals surface area contributed by atoms with Gasteiger partial charge in [-0.05, 0) is 18.6 Å². The van der Waals surface area contributed by atoms with E-state index in [0.29, 0.717) is 18.7 Å². The van der Waals surface area contributed by atoms with Crippen LogP contribution in [0.4, 0.5) is 0 Å². The van der Waals surface area contributed by atoms with Gasteiger partial charge in [0, 0.05) is 23.7 Å². The van der Waals surface area contributed by atoms with Crippen LogP contribution in [0.5, 0.6) is 0 Å². The monoisotopic (exact) mass is 228 g/mol. The lowest BCUT2D eigenvalue weighted by Gasteiger charge is -2.05. The van der Waals surface area contributed by atoms with E-state index in [9.17, 15) is 9.59 Å². The molecule has 3 rings (SSSR count). The normalized spacial score (nSPS) is 15.0. The molecule has 0 aliphatic carbocycles. The van der Waals surface area contributed by atoms with E-state index in [1.807, 2.05) is 18.2 Å². The first kappa shape index (κ1) is 10.2. The van der Waals surface area contributed by atoms with Gasteiger partial charge in [0.05, 0.1) is 12.1 Å². The van der Waals surface area contributed by atoms with E-state index < -0.39 is 0 Å². The summed E-state index contributed by atoms with van der Waals surface area (Å²) in [6, 6.07) is 5.60. The summed E-state index contributed by atoms with van der Waals surface area (Å²) >= 11 is 0. The Morgan fingerprint density at radius 3 is 2.88 bits per heavy atom. The number of hydrogen-bond acceptors (Lipinski definition) is 3. The summed E-state index contributed by atoms with van der Waals surface area (Å²) in [6.45, 7) is 2.53. The highest BCUT2D eigenvalue weighted by Gasteiger charge is 2.18. The van der Waals surface area contributed by atoms with Crippen LogP contribution in [0.1, 0.15) is 27.6 Å². The first-order valence-electron chi connectivity index (χ1n) is 5.56. The molecular weight excluding hydrogens is 216 g/mol. The summed E-state index contributed by atoms with van der Waals surface area (Å²) in [5, 5.41) is 3.95. The smallest absolute Gasteiger partial charge is 0.245 e. The number of carbonyl (C=O) groups is 2. The van der Waals surface area contributed by atoms with Gasteiger partial charge >= 0.3 is 0 Å². The van der Waals surface area contributed by atoms with Gasteiger partial charge in [0.25, 0.3) is 0 Å². The molecule has 1 aliphatic heterocycles. The van der Waals surface area contributed by atoms with E-state index in [1.165, 1.54) is 0 Å². The number of aromatic nitrogens is 1. The molecule has 0 atom stereocenters. The van der Waals surface area contributed by atoms with Crippen LogP contribution in [0.15, 0.2) is 24.4 Å². The van der Waals surface area contributed by atoms with Crippen LogP contribution in [0.3, 0.4) is 0 Å².